The molecule has 2 atom stereocenters. The first kappa shape index (κ1) is 14.7. The van der Waals surface area contributed by atoms with Gasteiger partial charge in [-0.3, -0.25) is 9.59 Å². The van der Waals surface area contributed by atoms with Gasteiger partial charge in [0.1, 0.15) is 0 Å². The van der Waals surface area contributed by atoms with Crippen molar-refractivity contribution in [2.45, 2.75) is 19.3 Å². The Morgan fingerprint density at radius 2 is 2.41 bits per heavy atom. The highest BCUT2D eigenvalue weighted by atomic mass is 32.1. The lowest BCUT2D eigenvalue weighted by molar-refractivity contribution is -0.120. The van der Waals surface area contributed by atoms with Crippen LogP contribution in [0.5, 0.6) is 0 Å². The number of fused-ring (bicyclic) bond motifs is 1. The van der Waals surface area contributed by atoms with Gasteiger partial charge in [-0.15, -0.1) is 0 Å². The number of carbonyl (C=O) groups excluding carboxylic acids is 2. The Balaban J connectivity index is 1.82. The van der Waals surface area contributed by atoms with Gasteiger partial charge in [-0.05, 0) is 24.4 Å². The molecule has 0 spiro atoms. The molecule has 2 heterocycles. The third-order valence-electron chi connectivity index (χ3n) is 3.47. The van der Waals surface area contributed by atoms with Crippen LogP contribution >= 0.6 is 12.2 Å². The van der Waals surface area contributed by atoms with Crippen LogP contribution in [0.15, 0.2) is 22.6 Å². The first-order chi connectivity index (χ1) is 10.6. The highest BCUT2D eigenvalue weighted by Crippen LogP contribution is 2.27. The molecule has 22 heavy (non-hydrogen) atoms. The van der Waals surface area contributed by atoms with Gasteiger partial charge in [0.2, 0.25) is 5.91 Å². The molecule has 1 aromatic carbocycles. The molecule has 1 unspecified atom stereocenters. The molecule has 0 aliphatic carbocycles. The number of anilines is 1. The Labute approximate surface area is 131 Å². The molecule has 0 saturated carbocycles. The topological polar surface area (TPSA) is 87.6 Å². The van der Waals surface area contributed by atoms with Crippen LogP contribution in [0.25, 0.3) is 11.1 Å². The van der Waals surface area contributed by atoms with Crippen molar-refractivity contribution in [2.24, 2.45) is 0 Å². The Morgan fingerprint density at radius 1 is 1.59 bits per heavy atom. The maximum absolute atomic E-state index is 11.2. The molecule has 2 aromatic rings. The molecule has 1 amide bonds. The number of rotatable bonds is 4. The van der Waals surface area contributed by atoms with Gasteiger partial charge in [-0.2, -0.15) is 0 Å². The van der Waals surface area contributed by atoms with E-state index in [1.54, 1.807) is 0 Å². The molecule has 116 valence electrons. The number of carbonyl (C=O) groups is 2. The van der Waals surface area contributed by atoms with Crippen molar-refractivity contribution in [3.63, 3.8) is 0 Å². The van der Waals surface area contributed by atoms with Crippen LogP contribution in [0.3, 0.4) is 0 Å². The van der Waals surface area contributed by atoms with E-state index in [4.69, 9.17) is 21.4 Å². The normalized spacial score (nSPS) is 21.2. The van der Waals surface area contributed by atoms with E-state index >= 15 is 0 Å². The zero-order chi connectivity index (χ0) is 15.7. The SMILES string of the molecule is CC(=O)NC[C@H]1CN(c2ccc3[nH]c(=S)oc3c2)C(C=O)O1. The minimum absolute atomic E-state index is 0.129. The van der Waals surface area contributed by atoms with E-state index < -0.39 is 6.23 Å². The van der Waals surface area contributed by atoms with Crippen LogP contribution < -0.4 is 10.2 Å². The molecule has 0 bridgehead atoms. The number of nitrogens with zero attached hydrogens (tertiary/aromatic N) is 1. The van der Waals surface area contributed by atoms with Crippen molar-refractivity contribution in [1.82, 2.24) is 10.3 Å². The van der Waals surface area contributed by atoms with Crippen LogP contribution in [0.4, 0.5) is 5.69 Å². The summed E-state index contributed by atoms with van der Waals surface area (Å²) >= 11 is 4.96. The predicted octanol–water partition coefficient (Wildman–Crippen LogP) is 1.36. The lowest BCUT2D eigenvalue weighted by atomic mass is 10.2. The molecular formula is C14H15N3O4S. The van der Waals surface area contributed by atoms with Crippen molar-refractivity contribution in [1.29, 1.82) is 0 Å². The highest BCUT2D eigenvalue weighted by Gasteiger charge is 2.33. The molecule has 1 saturated heterocycles. The van der Waals surface area contributed by atoms with E-state index in [2.05, 4.69) is 10.3 Å². The number of aromatic nitrogens is 1. The molecule has 2 N–H and O–H groups in total. The van der Waals surface area contributed by atoms with Crippen molar-refractivity contribution in [3.8, 4) is 0 Å². The molecule has 1 aliphatic heterocycles. The third kappa shape index (κ3) is 2.88. The Hall–Kier alpha value is -2.19. The number of hydrogen-bond acceptors (Lipinski definition) is 6. The van der Waals surface area contributed by atoms with E-state index in [0.29, 0.717) is 23.5 Å². The van der Waals surface area contributed by atoms with Crippen LogP contribution in [-0.2, 0) is 14.3 Å². The molecule has 3 rings (SSSR count). The number of H-pyrrole nitrogens is 1. The maximum Gasteiger partial charge on any atom is 0.266 e. The van der Waals surface area contributed by atoms with Crippen molar-refractivity contribution in [2.75, 3.05) is 18.0 Å². The fourth-order valence-corrected chi connectivity index (χ4v) is 2.68. The summed E-state index contributed by atoms with van der Waals surface area (Å²) in [5.74, 6) is -0.129. The first-order valence-electron chi connectivity index (χ1n) is 6.81. The number of oxazole rings is 1. The number of benzene rings is 1. The van der Waals surface area contributed by atoms with Gasteiger partial charge in [-0.25, -0.2) is 0 Å². The lowest BCUT2D eigenvalue weighted by Gasteiger charge is -2.20. The van der Waals surface area contributed by atoms with E-state index in [0.717, 1.165) is 17.5 Å². The van der Waals surface area contributed by atoms with Crippen LogP contribution in [0.2, 0.25) is 0 Å². The predicted molar refractivity (Wildman–Crippen MR) is 82.2 cm³/mol. The fraction of sp³-hybridized carbons (Fsp3) is 0.357. The van der Waals surface area contributed by atoms with Crippen molar-refractivity contribution < 1.29 is 18.7 Å². The summed E-state index contributed by atoms with van der Waals surface area (Å²) in [5, 5.41) is 2.69. The Bertz CT molecular complexity index is 769. The fourth-order valence-electron chi connectivity index (χ4n) is 2.48. The summed E-state index contributed by atoms with van der Waals surface area (Å²) < 4.78 is 11.0. The smallest absolute Gasteiger partial charge is 0.266 e. The summed E-state index contributed by atoms with van der Waals surface area (Å²) in [5.41, 5.74) is 2.22. The average molecular weight is 321 g/mol. The molecule has 1 fully saturated rings. The van der Waals surface area contributed by atoms with Gasteiger partial charge in [-0.1, -0.05) is 0 Å². The van der Waals surface area contributed by atoms with Gasteiger partial charge in [0, 0.05) is 31.8 Å². The molecule has 7 nitrogen and oxygen atoms in total. The number of ether oxygens (including phenoxy) is 1. The third-order valence-corrected chi connectivity index (χ3v) is 3.66. The Morgan fingerprint density at radius 3 is 3.14 bits per heavy atom. The maximum atomic E-state index is 11.2. The molecule has 1 aliphatic rings. The van der Waals surface area contributed by atoms with E-state index in [-0.39, 0.29) is 12.0 Å². The second kappa shape index (κ2) is 5.90. The zero-order valence-corrected chi connectivity index (χ0v) is 12.7. The Kier molecular flexibility index (Phi) is 3.95. The van der Waals surface area contributed by atoms with Gasteiger partial charge in [0.25, 0.3) is 4.84 Å². The summed E-state index contributed by atoms with van der Waals surface area (Å²) in [7, 11) is 0. The number of amides is 1. The minimum Gasteiger partial charge on any atom is -0.429 e. The summed E-state index contributed by atoms with van der Waals surface area (Å²) in [4.78, 5) is 27.3. The number of aldehydes is 1. The lowest BCUT2D eigenvalue weighted by Crippen LogP contribution is -2.33. The van der Waals surface area contributed by atoms with Gasteiger partial charge >= 0.3 is 0 Å². The first-order valence-corrected chi connectivity index (χ1v) is 7.22. The number of aromatic amines is 1. The van der Waals surface area contributed by atoms with Crippen LogP contribution in [-0.4, -0.2) is 42.6 Å². The quantitative estimate of drug-likeness (QED) is 0.653. The zero-order valence-electron chi connectivity index (χ0n) is 11.9. The van der Waals surface area contributed by atoms with Gasteiger partial charge in [0.05, 0.1) is 11.6 Å². The van der Waals surface area contributed by atoms with Gasteiger partial charge in [0.15, 0.2) is 18.1 Å². The molecule has 8 heteroatoms. The van der Waals surface area contributed by atoms with Crippen LogP contribution in [0.1, 0.15) is 6.92 Å². The van der Waals surface area contributed by atoms with Gasteiger partial charge < -0.3 is 24.4 Å². The average Bonchev–Trinajstić information content (AvgIpc) is 3.06. The molecule has 0 radical (unpaired) electrons. The second-order valence-corrected chi connectivity index (χ2v) is 5.44. The highest BCUT2D eigenvalue weighted by molar-refractivity contribution is 7.71. The van der Waals surface area contributed by atoms with Crippen molar-refractivity contribution in [3.05, 3.63) is 23.0 Å². The number of hydrogen-bond donors (Lipinski definition) is 2. The minimum atomic E-state index is -0.682. The largest absolute Gasteiger partial charge is 0.429 e. The van der Waals surface area contributed by atoms with E-state index in [1.165, 1.54) is 6.92 Å². The summed E-state index contributed by atoms with van der Waals surface area (Å²) in [6.07, 6.45) is -0.185. The monoisotopic (exact) mass is 321 g/mol. The molecule has 1 aromatic heterocycles. The standard InChI is InChI=1S/C14H15N3O4S/c1-8(19)15-5-10-6-17(13(7-18)20-10)9-2-3-11-12(4-9)21-14(22)16-11/h2-4,7,10,13H,5-6H2,1H3,(H,15,19)(H,16,22)/t10-,13?/m0/s1. The van der Waals surface area contributed by atoms with E-state index in [9.17, 15) is 9.59 Å². The number of nitrogens with one attached hydrogen (secondary N) is 2. The summed E-state index contributed by atoms with van der Waals surface area (Å²) in [6, 6.07) is 5.51. The summed E-state index contributed by atoms with van der Waals surface area (Å²) in [6.45, 7) is 2.31. The van der Waals surface area contributed by atoms with Crippen molar-refractivity contribution >= 4 is 41.2 Å². The molecular weight excluding hydrogens is 306 g/mol. The van der Waals surface area contributed by atoms with E-state index in [1.807, 2.05) is 23.1 Å². The second-order valence-electron chi connectivity index (χ2n) is 5.07. The van der Waals surface area contributed by atoms with Crippen LogP contribution in [0, 0.1) is 4.84 Å².